The normalized spacial score (nSPS) is 27.7. The summed E-state index contributed by atoms with van der Waals surface area (Å²) >= 11 is 0. The van der Waals surface area contributed by atoms with Gasteiger partial charge in [0, 0.05) is 0 Å². The van der Waals surface area contributed by atoms with Crippen molar-refractivity contribution in [3.8, 4) is 0 Å². The standard InChI is InChI=1S/C13H23/c1-3-7-12(8-4-1)11-13-9-5-2-6-10-13/h11-13H,1-10H2/q-1. The molecule has 2 saturated carbocycles. The third kappa shape index (κ3) is 3.00. The Labute approximate surface area is 83.1 Å². The fourth-order valence-corrected chi connectivity index (χ4v) is 3.04. The third-order valence-corrected chi connectivity index (χ3v) is 3.84. The van der Waals surface area contributed by atoms with Gasteiger partial charge in [0.15, 0.2) is 0 Å². The van der Waals surface area contributed by atoms with Crippen LogP contribution in [0.5, 0.6) is 0 Å². The van der Waals surface area contributed by atoms with Gasteiger partial charge < -0.3 is 6.42 Å². The zero-order valence-corrected chi connectivity index (χ0v) is 8.80. The second-order valence-corrected chi connectivity index (χ2v) is 4.99. The molecule has 2 fully saturated rings. The third-order valence-electron chi connectivity index (χ3n) is 3.84. The highest BCUT2D eigenvalue weighted by atomic mass is 14.3. The van der Waals surface area contributed by atoms with Crippen LogP contribution in [0.4, 0.5) is 0 Å². The topological polar surface area (TPSA) is 0 Å². The summed E-state index contributed by atoms with van der Waals surface area (Å²) in [5.41, 5.74) is 0. The Balaban J connectivity index is 1.69. The molecule has 0 N–H and O–H groups in total. The van der Waals surface area contributed by atoms with Gasteiger partial charge in [0.1, 0.15) is 0 Å². The van der Waals surface area contributed by atoms with Crippen molar-refractivity contribution in [3.05, 3.63) is 6.42 Å². The first-order valence-electron chi connectivity index (χ1n) is 6.30. The minimum Gasteiger partial charge on any atom is -0.322 e. The van der Waals surface area contributed by atoms with E-state index in [4.69, 9.17) is 0 Å². The Morgan fingerprint density at radius 3 is 1.31 bits per heavy atom. The van der Waals surface area contributed by atoms with Crippen molar-refractivity contribution in [3.63, 3.8) is 0 Å². The van der Waals surface area contributed by atoms with Crippen LogP contribution in [-0.4, -0.2) is 0 Å². The predicted octanol–water partition coefficient (Wildman–Crippen LogP) is 4.35. The lowest BCUT2D eigenvalue weighted by Crippen LogP contribution is -2.15. The smallest absolute Gasteiger partial charge is 0.0535 e. The molecule has 0 radical (unpaired) electrons. The molecule has 0 bridgehead atoms. The predicted molar refractivity (Wildman–Crippen MR) is 57.5 cm³/mol. The van der Waals surface area contributed by atoms with Crippen molar-refractivity contribution >= 4 is 0 Å². The molecule has 0 heteroatoms. The van der Waals surface area contributed by atoms with Crippen LogP contribution in [0.3, 0.4) is 0 Å². The molecule has 0 aromatic rings. The molecule has 0 saturated heterocycles. The maximum Gasteiger partial charge on any atom is -0.0535 e. The second-order valence-electron chi connectivity index (χ2n) is 4.99. The first-order chi connectivity index (χ1) is 6.45. The molecule has 2 aliphatic carbocycles. The molecule has 76 valence electrons. The maximum absolute atomic E-state index is 2.72. The fourth-order valence-electron chi connectivity index (χ4n) is 3.04. The molecular formula is C13H23-. The summed E-state index contributed by atoms with van der Waals surface area (Å²) in [6.45, 7) is 0. The summed E-state index contributed by atoms with van der Waals surface area (Å²) in [4.78, 5) is 0. The van der Waals surface area contributed by atoms with Crippen LogP contribution < -0.4 is 0 Å². The molecule has 0 nitrogen and oxygen atoms in total. The molecule has 2 aliphatic rings. The molecule has 0 aromatic carbocycles. The van der Waals surface area contributed by atoms with Crippen LogP contribution in [0.1, 0.15) is 64.2 Å². The van der Waals surface area contributed by atoms with E-state index in [2.05, 4.69) is 6.42 Å². The van der Waals surface area contributed by atoms with Crippen molar-refractivity contribution in [2.45, 2.75) is 64.2 Å². The average molecular weight is 179 g/mol. The molecule has 13 heavy (non-hydrogen) atoms. The average Bonchev–Trinajstić information content (AvgIpc) is 2.21. The maximum atomic E-state index is 2.72. The number of hydrogen-bond acceptors (Lipinski definition) is 0. The van der Waals surface area contributed by atoms with E-state index in [1.54, 1.807) is 0 Å². The van der Waals surface area contributed by atoms with E-state index >= 15 is 0 Å². The van der Waals surface area contributed by atoms with Crippen molar-refractivity contribution in [2.75, 3.05) is 0 Å². The van der Waals surface area contributed by atoms with Gasteiger partial charge >= 0.3 is 0 Å². The van der Waals surface area contributed by atoms with Crippen LogP contribution in [0, 0.1) is 18.3 Å². The Kier molecular flexibility index (Phi) is 3.69. The summed E-state index contributed by atoms with van der Waals surface area (Å²) in [6.07, 6.45) is 17.7. The lowest BCUT2D eigenvalue weighted by molar-refractivity contribution is 0.319. The van der Waals surface area contributed by atoms with Crippen molar-refractivity contribution in [1.29, 1.82) is 0 Å². The highest BCUT2D eigenvalue weighted by Gasteiger charge is 2.12. The molecule has 0 amide bonds. The summed E-state index contributed by atoms with van der Waals surface area (Å²) in [7, 11) is 0. The van der Waals surface area contributed by atoms with E-state index in [-0.39, 0.29) is 0 Å². The lowest BCUT2D eigenvalue weighted by Gasteiger charge is -2.38. The largest absolute Gasteiger partial charge is 0.322 e. The van der Waals surface area contributed by atoms with Crippen LogP contribution in [0.2, 0.25) is 0 Å². The van der Waals surface area contributed by atoms with Crippen LogP contribution in [0.25, 0.3) is 0 Å². The van der Waals surface area contributed by atoms with Gasteiger partial charge in [-0.25, -0.2) is 0 Å². The van der Waals surface area contributed by atoms with Gasteiger partial charge in [0.2, 0.25) is 0 Å². The lowest BCUT2D eigenvalue weighted by atomic mass is 9.78. The number of hydrogen-bond donors (Lipinski definition) is 0. The van der Waals surface area contributed by atoms with E-state index < -0.39 is 0 Å². The van der Waals surface area contributed by atoms with Crippen molar-refractivity contribution in [1.82, 2.24) is 0 Å². The van der Waals surface area contributed by atoms with E-state index in [1.165, 1.54) is 64.2 Å². The highest BCUT2D eigenvalue weighted by Crippen LogP contribution is 2.34. The summed E-state index contributed by atoms with van der Waals surface area (Å²) in [5.74, 6) is 1.99. The van der Waals surface area contributed by atoms with Crippen molar-refractivity contribution in [2.24, 2.45) is 11.8 Å². The first-order valence-corrected chi connectivity index (χ1v) is 6.30. The van der Waals surface area contributed by atoms with Gasteiger partial charge in [0.25, 0.3) is 0 Å². The quantitative estimate of drug-likeness (QED) is 0.553. The Morgan fingerprint density at radius 1 is 0.538 bits per heavy atom. The molecule has 0 spiro atoms. The molecule has 0 atom stereocenters. The van der Waals surface area contributed by atoms with Crippen LogP contribution >= 0.6 is 0 Å². The Hall–Kier alpha value is 0. The summed E-state index contributed by atoms with van der Waals surface area (Å²) in [5, 5.41) is 0. The highest BCUT2D eigenvalue weighted by molar-refractivity contribution is 4.86. The first kappa shape index (κ1) is 9.55. The van der Waals surface area contributed by atoms with Crippen LogP contribution in [-0.2, 0) is 0 Å². The number of rotatable bonds is 2. The Bertz CT molecular complexity index is 111. The molecule has 0 aromatic heterocycles. The van der Waals surface area contributed by atoms with E-state index in [1.807, 2.05) is 0 Å². The van der Waals surface area contributed by atoms with Gasteiger partial charge in [0.05, 0.1) is 0 Å². The fraction of sp³-hybridized carbons (Fsp3) is 0.923. The van der Waals surface area contributed by atoms with Gasteiger partial charge in [-0.3, -0.25) is 0 Å². The molecule has 0 heterocycles. The SMILES string of the molecule is [CH-](C1CCCCC1)C1CCCCC1. The van der Waals surface area contributed by atoms with Crippen molar-refractivity contribution < 1.29 is 0 Å². The van der Waals surface area contributed by atoms with Gasteiger partial charge in [-0.05, 0) is 0 Å². The van der Waals surface area contributed by atoms with E-state index in [0.29, 0.717) is 0 Å². The molecule has 2 rings (SSSR count). The van der Waals surface area contributed by atoms with Gasteiger partial charge in [-0.2, -0.15) is 11.8 Å². The van der Waals surface area contributed by atoms with E-state index in [0.717, 1.165) is 11.8 Å². The molecule has 0 aliphatic heterocycles. The van der Waals surface area contributed by atoms with Crippen LogP contribution in [0.15, 0.2) is 0 Å². The summed E-state index contributed by atoms with van der Waals surface area (Å²) in [6, 6.07) is 0. The zero-order chi connectivity index (χ0) is 8.93. The van der Waals surface area contributed by atoms with E-state index in [9.17, 15) is 0 Å². The Morgan fingerprint density at radius 2 is 0.923 bits per heavy atom. The monoisotopic (exact) mass is 179 g/mol. The van der Waals surface area contributed by atoms with Gasteiger partial charge in [-0.15, -0.1) is 0 Å². The second kappa shape index (κ2) is 5.02. The zero-order valence-electron chi connectivity index (χ0n) is 8.80. The minimum atomic E-state index is 0.997. The molecule has 0 unspecified atom stereocenters. The molecular weight excluding hydrogens is 156 g/mol. The minimum absolute atomic E-state index is 0.997. The summed E-state index contributed by atoms with van der Waals surface area (Å²) < 4.78 is 0. The van der Waals surface area contributed by atoms with Gasteiger partial charge in [-0.1, -0.05) is 64.2 Å².